The smallest absolute Gasteiger partial charge is 0.270 e. The summed E-state index contributed by atoms with van der Waals surface area (Å²) in [7, 11) is 0. The summed E-state index contributed by atoms with van der Waals surface area (Å²) in [5.74, 6) is 0.641. The van der Waals surface area contributed by atoms with Crippen LogP contribution < -0.4 is 10.2 Å². The number of hydrogen-bond acceptors (Lipinski definition) is 5. The number of nitrogens with zero attached hydrogens (tertiary/aromatic N) is 3. The minimum Gasteiger partial charge on any atom is -0.460 e. The van der Waals surface area contributed by atoms with Crippen LogP contribution in [-0.2, 0) is 0 Å². The maximum absolute atomic E-state index is 12.8. The molecule has 6 heteroatoms. The third-order valence-electron chi connectivity index (χ3n) is 5.87. The molecule has 0 spiro atoms. The molecular formula is C21H30N4O2. The first-order chi connectivity index (χ1) is 12.9. The highest BCUT2D eigenvalue weighted by atomic mass is 16.3. The predicted octanol–water partition coefficient (Wildman–Crippen LogP) is 3.28. The number of piperidine rings is 1. The van der Waals surface area contributed by atoms with Crippen LogP contribution in [0.3, 0.4) is 0 Å². The average molecular weight is 370 g/mol. The van der Waals surface area contributed by atoms with Gasteiger partial charge in [-0.15, -0.1) is 0 Å². The lowest BCUT2D eigenvalue weighted by molar-refractivity contribution is 0.0904. The number of fused-ring (bicyclic) bond motifs is 3. The van der Waals surface area contributed by atoms with Gasteiger partial charge in [0.05, 0.1) is 11.9 Å². The topological polar surface area (TPSA) is 61.6 Å². The Bertz CT molecular complexity index is 809. The number of carbonyl (C=O) groups is 1. The maximum atomic E-state index is 12.8. The van der Waals surface area contributed by atoms with Crippen molar-refractivity contribution in [2.45, 2.75) is 58.7 Å². The summed E-state index contributed by atoms with van der Waals surface area (Å²) >= 11 is 0. The van der Waals surface area contributed by atoms with E-state index in [0.717, 1.165) is 35.5 Å². The number of hydrogen-bond donors (Lipinski definition) is 1. The Labute approximate surface area is 160 Å². The molecule has 0 saturated carbocycles. The molecule has 6 nitrogen and oxygen atoms in total. The van der Waals surface area contributed by atoms with E-state index in [1.54, 1.807) is 12.5 Å². The second kappa shape index (κ2) is 7.15. The van der Waals surface area contributed by atoms with Gasteiger partial charge in [-0.1, -0.05) is 0 Å². The molecule has 2 aromatic rings. The summed E-state index contributed by atoms with van der Waals surface area (Å²) in [4.78, 5) is 21.9. The van der Waals surface area contributed by atoms with Gasteiger partial charge in [0.25, 0.3) is 5.91 Å². The van der Waals surface area contributed by atoms with Crippen LogP contribution in [0.1, 0.15) is 51.0 Å². The predicted molar refractivity (Wildman–Crippen MR) is 107 cm³/mol. The van der Waals surface area contributed by atoms with E-state index in [1.807, 2.05) is 6.07 Å². The number of pyridine rings is 1. The zero-order chi connectivity index (χ0) is 19.1. The van der Waals surface area contributed by atoms with Crippen molar-refractivity contribution in [3.05, 3.63) is 24.2 Å². The van der Waals surface area contributed by atoms with E-state index in [1.165, 1.54) is 19.5 Å². The molecule has 146 valence electrons. The number of anilines is 1. The quantitative estimate of drug-likeness (QED) is 0.875. The van der Waals surface area contributed by atoms with Gasteiger partial charge in [0.15, 0.2) is 5.58 Å². The van der Waals surface area contributed by atoms with Gasteiger partial charge in [0.2, 0.25) is 0 Å². The molecule has 1 unspecified atom stereocenters. The summed E-state index contributed by atoms with van der Waals surface area (Å²) < 4.78 is 5.71. The van der Waals surface area contributed by atoms with Crippen LogP contribution in [0, 0.1) is 5.92 Å². The van der Waals surface area contributed by atoms with Crippen LogP contribution >= 0.6 is 0 Å². The van der Waals surface area contributed by atoms with Crippen molar-refractivity contribution >= 4 is 22.6 Å². The molecule has 2 bridgehead atoms. The molecule has 2 aliphatic heterocycles. The number of carbonyl (C=O) groups excluding carboxylic acids is 1. The molecule has 27 heavy (non-hydrogen) atoms. The normalized spacial score (nSPS) is 24.7. The van der Waals surface area contributed by atoms with Crippen molar-refractivity contribution in [3.8, 4) is 0 Å². The zero-order valence-corrected chi connectivity index (χ0v) is 16.7. The summed E-state index contributed by atoms with van der Waals surface area (Å²) in [6.07, 6.45) is 5.78. The van der Waals surface area contributed by atoms with Crippen molar-refractivity contribution in [1.29, 1.82) is 0 Å². The summed E-state index contributed by atoms with van der Waals surface area (Å²) in [6.45, 7) is 12.0. The van der Waals surface area contributed by atoms with Gasteiger partial charge in [0, 0.05) is 36.6 Å². The lowest BCUT2D eigenvalue weighted by atomic mass is 9.97. The largest absolute Gasteiger partial charge is 0.460 e. The van der Waals surface area contributed by atoms with Crippen LogP contribution in [0.25, 0.3) is 11.0 Å². The molecule has 2 fully saturated rings. The van der Waals surface area contributed by atoms with E-state index < -0.39 is 0 Å². The Morgan fingerprint density at radius 3 is 2.78 bits per heavy atom. The third kappa shape index (κ3) is 3.55. The van der Waals surface area contributed by atoms with E-state index in [4.69, 9.17) is 4.42 Å². The summed E-state index contributed by atoms with van der Waals surface area (Å²) in [5.41, 5.74) is 2.20. The Balaban J connectivity index is 1.57. The summed E-state index contributed by atoms with van der Waals surface area (Å²) in [6, 6.07) is 2.77. The van der Waals surface area contributed by atoms with E-state index in [0.29, 0.717) is 17.8 Å². The standard InChI is InChI=1S/C21H30N4O2/c1-13(2)25(14(3)4)19-12-27-20-9-22-18(8-17(19)20)21(26)23-16-7-15-5-6-24(10-15)11-16/h8-9,12-16H,5-7,10-11H2,1-4H3,(H,23,26)/t15-,16+/m0/s1. The highest BCUT2D eigenvalue weighted by Gasteiger charge is 2.33. The van der Waals surface area contributed by atoms with Crippen molar-refractivity contribution in [3.63, 3.8) is 0 Å². The number of nitrogens with one attached hydrogen (secondary N) is 1. The monoisotopic (exact) mass is 370 g/mol. The molecule has 1 N–H and O–H groups in total. The van der Waals surface area contributed by atoms with Gasteiger partial charge < -0.3 is 19.5 Å². The van der Waals surface area contributed by atoms with Gasteiger partial charge in [-0.2, -0.15) is 0 Å². The molecule has 0 aromatic carbocycles. The average Bonchev–Trinajstić information content (AvgIpc) is 3.17. The molecular weight excluding hydrogens is 340 g/mol. The molecule has 0 radical (unpaired) electrons. The van der Waals surface area contributed by atoms with Crippen molar-refractivity contribution < 1.29 is 9.21 Å². The fourth-order valence-corrected chi connectivity index (χ4v) is 4.82. The van der Waals surface area contributed by atoms with Gasteiger partial charge in [-0.05, 0) is 59.1 Å². The molecule has 0 aliphatic carbocycles. The fourth-order valence-electron chi connectivity index (χ4n) is 4.82. The highest BCUT2D eigenvalue weighted by Crippen LogP contribution is 2.32. The third-order valence-corrected chi connectivity index (χ3v) is 5.87. The van der Waals surface area contributed by atoms with Gasteiger partial charge >= 0.3 is 0 Å². The SMILES string of the molecule is CC(C)N(c1coc2cnc(C(=O)N[C@@H]3C[C@@H]4CCN(C4)C3)cc12)C(C)C. The summed E-state index contributed by atoms with van der Waals surface area (Å²) in [5, 5.41) is 4.15. The van der Waals surface area contributed by atoms with Crippen molar-refractivity contribution in [1.82, 2.24) is 15.2 Å². The second-order valence-electron chi connectivity index (χ2n) is 8.60. The Kier molecular flexibility index (Phi) is 4.84. The molecule has 3 atom stereocenters. The van der Waals surface area contributed by atoms with Crippen LogP contribution in [0.2, 0.25) is 0 Å². The van der Waals surface area contributed by atoms with E-state index in [9.17, 15) is 4.79 Å². The Hall–Kier alpha value is -2.08. The van der Waals surface area contributed by atoms with E-state index >= 15 is 0 Å². The molecule has 2 saturated heterocycles. The molecule has 2 aromatic heterocycles. The number of amides is 1. The number of rotatable bonds is 5. The van der Waals surface area contributed by atoms with Gasteiger partial charge in [0.1, 0.15) is 12.0 Å². The van der Waals surface area contributed by atoms with Crippen molar-refractivity contribution in [2.24, 2.45) is 5.92 Å². The van der Waals surface area contributed by atoms with Crippen LogP contribution in [0.5, 0.6) is 0 Å². The lowest BCUT2D eigenvalue weighted by Crippen LogP contribution is -2.47. The van der Waals surface area contributed by atoms with Crippen LogP contribution in [0.15, 0.2) is 22.9 Å². The molecule has 2 aliphatic rings. The molecule has 1 amide bonds. The first-order valence-corrected chi connectivity index (χ1v) is 10.1. The Morgan fingerprint density at radius 2 is 2.07 bits per heavy atom. The fraction of sp³-hybridized carbons (Fsp3) is 0.619. The van der Waals surface area contributed by atoms with Crippen LogP contribution in [0.4, 0.5) is 5.69 Å². The van der Waals surface area contributed by atoms with Crippen molar-refractivity contribution in [2.75, 3.05) is 24.5 Å². The molecule has 4 heterocycles. The van der Waals surface area contributed by atoms with Gasteiger partial charge in [-0.3, -0.25) is 4.79 Å². The number of aromatic nitrogens is 1. The molecule has 4 rings (SSSR count). The number of furan rings is 1. The minimum absolute atomic E-state index is 0.0859. The lowest BCUT2D eigenvalue weighted by Gasteiger charge is -2.32. The first-order valence-electron chi connectivity index (χ1n) is 10.1. The first kappa shape index (κ1) is 18.3. The highest BCUT2D eigenvalue weighted by molar-refractivity contribution is 5.99. The second-order valence-corrected chi connectivity index (χ2v) is 8.60. The zero-order valence-electron chi connectivity index (χ0n) is 16.7. The van der Waals surface area contributed by atoms with Gasteiger partial charge in [-0.25, -0.2) is 4.98 Å². The Morgan fingerprint density at radius 1 is 1.30 bits per heavy atom. The minimum atomic E-state index is -0.0859. The maximum Gasteiger partial charge on any atom is 0.270 e. The van der Waals surface area contributed by atoms with E-state index in [-0.39, 0.29) is 11.9 Å². The van der Waals surface area contributed by atoms with Crippen LogP contribution in [-0.4, -0.2) is 53.6 Å². The van der Waals surface area contributed by atoms with E-state index in [2.05, 4.69) is 47.8 Å².